The van der Waals surface area contributed by atoms with Crippen LogP contribution in [-0.4, -0.2) is 31.2 Å². The molecule has 3 aromatic carbocycles. The fraction of sp³-hybridized carbons (Fsp3) is 0.192. The van der Waals surface area contributed by atoms with E-state index in [1.807, 2.05) is 6.92 Å². The summed E-state index contributed by atoms with van der Waals surface area (Å²) in [6.07, 6.45) is -1.85. The van der Waals surface area contributed by atoms with Crippen LogP contribution in [0.5, 0.6) is 5.75 Å². The summed E-state index contributed by atoms with van der Waals surface area (Å²) in [5, 5.41) is 5.32. The summed E-state index contributed by atoms with van der Waals surface area (Å²) in [6, 6.07) is 21.9. The third-order valence-electron chi connectivity index (χ3n) is 4.63. The zero-order valence-corrected chi connectivity index (χ0v) is 18.9. The van der Waals surface area contributed by atoms with Crippen LogP contribution < -0.4 is 15.4 Å². The van der Waals surface area contributed by atoms with E-state index in [1.54, 1.807) is 73.7 Å². The van der Waals surface area contributed by atoms with Crippen molar-refractivity contribution in [1.29, 1.82) is 0 Å². The van der Waals surface area contributed by atoms with Crippen LogP contribution in [0.2, 0.25) is 0 Å². The third-order valence-corrected chi connectivity index (χ3v) is 4.63. The van der Waals surface area contributed by atoms with E-state index in [2.05, 4.69) is 10.6 Å². The van der Waals surface area contributed by atoms with Gasteiger partial charge in [0.25, 0.3) is 5.91 Å². The number of benzene rings is 3. The van der Waals surface area contributed by atoms with Crippen LogP contribution in [0.15, 0.2) is 78.9 Å². The predicted molar refractivity (Wildman–Crippen MR) is 128 cm³/mol. The number of esters is 1. The molecule has 1 unspecified atom stereocenters. The molecular formula is C26H26N2O6. The Bertz CT molecular complexity index is 1130. The van der Waals surface area contributed by atoms with E-state index in [4.69, 9.17) is 14.2 Å². The van der Waals surface area contributed by atoms with E-state index < -0.39 is 24.1 Å². The highest BCUT2D eigenvalue weighted by Crippen LogP contribution is 2.27. The van der Waals surface area contributed by atoms with Crippen molar-refractivity contribution in [1.82, 2.24) is 0 Å². The maximum absolute atomic E-state index is 13.2. The van der Waals surface area contributed by atoms with Crippen molar-refractivity contribution < 1.29 is 28.6 Å². The standard InChI is InChI=1S/C26H26N2O6/c1-3-32-22-16-9-8-15-21(22)28-24(29)23(18-11-6-5-7-12-18)34-25(30)19-13-10-14-20(17-19)27-26(31)33-4-2/h5-17,23H,3-4H2,1-2H3,(H,27,31)(H,28,29). The lowest BCUT2D eigenvalue weighted by atomic mass is 10.1. The van der Waals surface area contributed by atoms with Crippen LogP contribution in [-0.2, 0) is 14.3 Å². The minimum Gasteiger partial charge on any atom is -0.492 e. The normalized spacial score (nSPS) is 11.1. The summed E-state index contributed by atoms with van der Waals surface area (Å²) in [5.41, 5.74) is 1.49. The molecule has 0 aromatic heterocycles. The molecule has 0 spiro atoms. The van der Waals surface area contributed by atoms with E-state index in [0.29, 0.717) is 29.3 Å². The first-order chi connectivity index (χ1) is 16.5. The van der Waals surface area contributed by atoms with Gasteiger partial charge in [0.15, 0.2) is 0 Å². The molecule has 0 saturated carbocycles. The van der Waals surface area contributed by atoms with Crippen molar-refractivity contribution in [2.75, 3.05) is 23.8 Å². The second-order valence-electron chi connectivity index (χ2n) is 7.04. The van der Waals surface area contributed by atoms with Gasteiger partial charge in [-0.3, -0.25) is 10.1 Å². The predicted octanol–water partition coefficient (Wildman–Crippen LogP) is 5.19. The third kappa shape index (κ3) is 6.59. The molecule has 0 bridgehead atoms. The van der Waals surface area contributed by atoms with Gasteiger partial charge < -0.3 is 19.5 Å². The van der Waals surface area contributed by atoms with Gasteiger partial charge in [-0.05, 0) is 44.2 Å². The fourth-order valence-electron chi connectivity index (χ4n) is 3.13. The Hall–Kier alpha value is -4.33. The minimum absolute atomic E-state index is 0.165. The first-order valence-electron chi connectivity index (χ1n) is 10.8. The van der Waals surface area contributed by atoms with Crippen molar-refractivity contribution >= 4 is 29.3 Å². The molecule has 0 fully saturated rings. The quantitative estimate of drug-likeness (QED) is 0.424. The number of carbonyl (C=O) groups excluding carboxylic acids is 3. The molecule has 0 heterocycles. The van der Waals surface area contributed by atoms with Gasteiger partial charge in [0, 0.05) is 11.3 Å². The highest BCUT2D eigenvalue weighted by atomic mass is 16.6. The first-order valence-corrected chi connectivity index (χ1v) is 10.8. The topological polar surface area (TPSA) is 103 Å². The van der Waals surface area contributed by atoms with E-state index in [0.717, 1.165) is 0 Å². The largest absolute Gasteiger partial charge is 0.492 e. The summed E-state index contributed by atoms with van der Waals surface area (Å²) < 4.78 is 16.1. The number of nitrogens with one attached hydrogen (secondary N) is 2. The molecule has 8 nitrogen and oxygen atoms in total. The lowest BCUT2D eigenvalue weighted by Crippen LogP contribution is -2.26. The molecule has 176 valence electrons. The number of ether oxygens (including phenoxy) is 3. The molecule has 8 heteroatoms. The molecule has 0 radical (unpaired) electrons. The van der Waals surface area contributed by atoms with Gasteiger partial charge in [-0.25, -0.2) is 9.59 Å². The molecule has 2 N–H and O–H groups in total. The summed E-state index contributed by atoms with van der Waals surface area (Å²) in [5.74, 6) is -0.753. The van der Waals surface area contributed by atoms with Crippen LogP contribution in [0.3, 0.4) is 0 Å². The number of para-hydroxylation sites is 2. The Labute approximate surface area is 197 Å². The molecular weight excluding hydrogens is 436 g/mol. The summed E-state index contributed by atoms with van der Waals surface area (Å²) in [6.45, 7) is 4.18. The van der Waals surface area contributed by atoms with E-state index in [1.165, 1.54) is 12.1 Å². The number of carbonyl (C=O) groups is 3. The van der Waals surface area contributed by atoms with Gasteiger partial charge in [-0.2, -0.15) is 0 Å². The van der Waals surface area contributed by atoms with Gasteiger partial charge in [0.2, 0.25) is 6.10 Å². The van der Waals surface area contributed by atoms with E-state index >= 15 is 0 Å². The number of hydrogen-bond donors (Lipinski definition) is 2. The first kappa shape index (κ1) is 24.3. The molecule has 0 aliphatic heterocycles. The van der Waals surface area contributed by atoms with Gasteiger partial charge in [0.1, 0.15) is 5.75 Å². The van der Waals surface area contributed by atoms with Crippen molar-refractivity contribution in [3.8, 4) is 5.75 Å². The average molecular weight is 463 g/mol. The number of anilines is 2. The number of rotatable bonds is 9. The minimum atomic E-state index is -1.22. The van der Waals surface area contributed by atoms with Crippen LogP contribution in [0.25, 0.3) is 0 Å². The highest BCUT2D eigenvalue weighted by Gasteiger charge is 2.26. The molecule has 0 saturated heterocycles. The number of hydrogen-bond acceptors (Lipinski definition) is 6. The zero-order valence-electron chi connectivity index (χ0n) is 18.9. The Morgan fingerprint density at radius 1 is 0.824 bits per heavy atom. The Morgan fingerprint density at radius 3 is 2.29 bits per heavy atom. The summed E-state index contributed by atoms with van der Waals surface area (Å²) in [7, 11) is 0. The highest BCUT2D eigenvalue weighted by molar-refractivity contribution is 5.99. The maximum Gasteiger partial charge on any atom is 0.411 e. The van der Waals surface area contributed by atoms with Crippen molar-refractivity contribution in [3.63, 3.8) is 0 Å². The summed E-state index contributed by atoms with van der Waals surface area (Å²) >= 11 is 0. The van der Waals surface area contributed by atoms with Gasteiger partial charge in [0.05, 0.1) is 24.5 Å². The van der Waals surface area contributed by atoms with Gasteiger partial charge in [-0.15, -0.1) is 0 Å². The lowest BCUT2D eigenvalue weighted by molar-refractivity contribution is -0.125. The molecule has 2 amide bonds. The summed E-state index contributed by atoms with van der Waals surface area (Å²) in [4.78, 5) is 37.8. The van der Waals surface area contributed by atoms with Crippen LogP contribution in [0.1, 0.15) is 35.9 Å². The van der Waals surface area contributed by atoms with Crippen molar-refractivity contribution in [2.45, 2.75) is 20.0 Å². The van der Waals surface area contributed by atoms with Crippen molar-refractivity contribution in [2.24, 2.45) is 0 Å². The second kappa shape index (κ2) is 12.1. The zero-order chi connectivity index (χ0) is 24.3. The molecule has 3 aromatic rings. The van der Waals surface area contributed by atoms with Gasteiger partial charge in [-0.1, -0.05) is 48.5 Å². The smallest absolute Gasteiger partial charge is 0.411 e. The molecule has 0 aliphatic carbocycles. The Balaban J connectivity index is 1.82. The lowest BCUT2D eigenvalue weighted by Gasteiger charge is -2.19. The van der Waals surface area contributed by atoms with Crippen LogP contribution >= 0.6 is 0 Å². The Kier molecular flexibility index (Phi) is 8.62. The van der Waals surface area contributed by atoms with Gasteiger partial charge >= 0.3 is 12.1 Å². The Morgan fingerprint density at radius 2 is 1.56 bits per heavy atom. The molecule has 34 heavy (non-hydrogen) atoms. The molecule has 0 aliphatic rings. The molecule has 1 atom stereocenters. The van der Waals surface area contributed by atoms with Crippen LogP contribution in [0.4, 0.5) is 16.2 Å². The average Bonchev–Trinajstić information content (AvgIpc) is 2.84. The van der Waals surface area contributed by atoms with E-state index in [9.17, 15) is 14.4 Å². The fourth-order valence-corrected chi connectivity index (χ4v) is 3.13. The second-order valence-corrected chi connectivity index (χ2v) is 7.04. The monoisotopic (exact) mass is 462 g/mol. The van der Waals surface area contributed by atoms with Crippen molar-refractivity contribution in [3.05, 3.63) is 90.0 Å². The molecule has 3 rings (SSSR count). The number of amides is 2. The maximum atomic E-state index is 13.2. The SMILES string of the molecule is CCOC(=O)Nc1cccc(C(=O)OC(C(=O)Nc2ccccc2OCC)c2ccccc2)c1. The van der Waals surface area contributed by atoms with E-state index in [-0.39, 0.29) is 12.2 Å². The van der Waals surface area contributed by atoms with Crippen LogP contribution in [0, 0.1) is 0 Å².